The zero-order valence-electron chi connectivity index (χ0n) is 23.2. The van der Waals surface area contributed by atoms with Gasteiger partial charge in [-0.1, -0.05) is 6.07 Å². The van der Waals surface area contributed by atoms with E-state index in [-0.39, 0.29) is 47.2 Å². The first-order valence-electron chi connectivity index (χ1n) is 13.7. The summed E-state index contributed by atoms with van der Waals surface area (Å²) in [5, 5.41) is 2.57. The van der Waals surface area contributed by atoms with E-state index >= 15 is 0 Å². The molecule has 4 atom stereocenters. The Kier molecular flexibility index (Phi) is 9.13. The van der Waals surface area contributed by atoms with Crippen LogP contribution < -0.4 is 5.32 Å². The van der Waals surface area contributed by atoms with Crippen molar-refractivity contribution in [2.24, 2.45) is 5.92 Å². The fraction of sp³-hybridized carbons (Fsp3) is 0.517. The third-order valence-electron chi connectivity index (χ3n) is 8.31. The number of nitrogens with one attached hydrogen (secondary N) is 1. The van der Waals surface area contributed by atoms with Crippen molar-refractivity contribution in [3.8, 4) is 0 Å². The van der Waals surface area contributed by atoms with Crippen molar-refractivity contribution in [2.45, 2.75) is 74.8 Å². The van der Waals surface area contributed by atoms with E-state index in [2.05, 4.69) is 24.1 Å². The van der Waals surface area contributed by atoms with Crippen molar-refractivity contribution in [3.05, 3.63) is 65.5 Å². The molecule has 1 saturated carbocycles. The molecule has 224 valence electrons. The second kappa shape index (κ2) is 12.1. The molecule has 0 bridgehead atoms. The van der Waals surface area contributed by atoms with Crippen molar-refractivity contribution in [2.75, 3.05) is 19.3 Å². The highest BCUT2D eigenvalue weighted by atomic mass is 32.2. The Morgan fingerprint density at radius 1 is 1.10 bits per heavy atom. The second-order valence-electron chi connectivity index (χ2n) is 11.2. The standard InChI is InChI=1S/C29H35F4N3O4S/c1-18(2)35(3)23-9-12-26(20(16-23)17-41(39,40)24-10-7-22(30)8-11-24)36-14-13-25(28(36)38)34-27(37)19-5-4-6-21(15-19)29(31,32)33/h4-8,10-11,15,18,20,23,25-26H,9,12-14,16-17H2,1-3H3,(H,34,37)/t20-,23+,25?,26-/m0/s1. The van der Waals surface area contributed by atoms with Gasteiger partial charge in [0.15, 0.2) is 9.84 Å². The lowest BCUT2D eigenvalue weighted by Crippen LogP contribution is -2.53. The molecule has 0 aromatic heterocycles. The molecule has 41 heavy (non-hydrogen) atoms. The van der Waals surface area contributed by atoms with Gasteiger partial charge in [0.25, 0.3) is 5.91 Å². The third kappa shape index (κ3) is 7.09. The first-order valence-corrected chi connectivity index (χ1v) is 15.3. The fourth-order valence-electron chi connectivity index (χ4n) is 5.87. The normalized spacial score (nSPS) is 23.8. The van der Waals surface area contributed by atoms with E-state index < -0.39 is 51.3 Å². The summed E-state index contributed by atoms with van der Waals surface area (Å²) in [7, 11) is -1.81. The predicted molar refractivity (Wildman–Crippen MR) is 145 cm³/mol. The number of hydrogen-bond donors (Lipinski definition) is 1. The second-order valence-corrected chi connectivity index (χ2v) is 13.2. The summed E-state index contributed by atoms with van der Waals surface area (Å²) in [6.45, 7) is 4.39. The lowest BCUT2D eigenvalue weighted by molar-refractivity contribution is -0.137. The molecule has 2 aliphatic rings. The minimum absolute atomic E-state index is 0.0102. The molecule has 2 fully saturated rings. The van der Waals surface area contributed by atoms with Crippen LogP contribution in [0.3, 0.4) is 0 Å². The molecule has 1 heterocycles. The Balaban J connectivity index is 1.52. The smallest absolute Gasteiger partial charge is 0.340 e. The van der Waals surface area contributed by atoms with Gasteiger partial charge >= 0.3 is 6.18 Å². The summed E-state index contributed by atoms with van der Waals surface area (Å²) in [4.78, 5) is 30.1. The molecule has 2 aromatic carbocycles. The number of likely N-dealkylation sites (tertiary alicyclic amines) is 1. The van der Waals surface area contributed by atoms with Crippen LogP contribution in [0.4, 0.5) is 17.6 Å². The van der Waals surface area contributed by atoms with Crippen LogP contribution in [0, 0.1) is 11.7 Å². The Bertz CT molecular complexity index is 1360. The predicted octanol–water partition coefficient (Wildman–Crippen LogP) is 4.53. The largest absolute Gasteiger partial charge is 0.416 e. The van der Waals surface area contributed by atoms with E-state index in [1.54, 1.807) is 4.90 Å². The van der Waals surface area contributed by atoms with Crippen molar-refractivity contribution in [1.82, 2.24) is 15.1 Å². The van der Waals surface area contributed by atoms with E-state index in [4.69, 9.17) is 0 Å². The summed E-state index contributed by atoms with van der Waals surface area (Å²) >= 11 is 0. The van der Waals surface area contributed by atoms with Crippen LogP contribution in [-0.2, 0) is 20.8 Å². The molecule has 4 rings (SSSR count). The summed E-state index contributed by atoms with van der Waals surface area (Å²) in [5.41, 5.74) is -1.16. The number of carbonyl (C=O) groups is 2. The Morgan fingerprint density at radius 2 is 1.78 bits per heavy atom. The maximum atomic E-state index is 13.5. The Morgan fingerprint density at radius 3 is 2.41 bits per heavy atom. The molecule has 1 aliphatic carbocycles. The number of benzene rings is 2. The van der Waals surface area contributed by atoms with Gasteiger partial charge in [0.1, 0.15) is 11.9 Å². The molecular weight excluding hydrogens is 562 g/mol. The number of halogens is 4. The molecule has 7 nitrogen and oxygen atoms in total. The Labute approximate surface area is 237 Å². The van der Waals surface area contributed by atoms with Gasteiger partial charge in [0, 0.05) is 30.2 Å². The molecule has 0 spiro atoms. The maximum absolute atomic E-state index is 13.5. The number of nitrogens with zero attached hydrogens (tertiary/aromatic N) is 2. The average molecular weight is 598 g/mol. The summed E-state index contributed by atoms with van der Waals surface area (Å²) in [6, 6.07) is 7.69. The molecule has 1 N–H and O–H groups in total. The van der Waals surface area contributed by atoms with Crippen LogP contribution in [0.5, 0.6) is 0 Å². The van der Waals surface area contributed by atoms with Gasteiger partial charge in [0.05, 0.1) is 16.2 Å². The van der Waals surface area contributed by atoms with Crippen LogP contribution in [0.1, 0.15) is 55.5 Å². The molecule has 12 heteroatoms. The molecule has 0 radical (unpaired) electrons. The van der Waals surface area contributed by atoms with Crippen molar-refractivity contribution in [1.29, 1.82) is 0 Å². The number of hydrogen-bond acceptors (Lipinski definition) is 5. The Hall–Kier alpha value is -2.99. The maximum Gasteiger partial charge on any atom is 0.416 e. The quantitative estimate of drug-likeness (QED) is 0.357. The zero-order chi connectivity index (χ0) is 30.1. The van der Waals surface area contributed by atoms with Gasteiger partial charge in [-0.15, -0.1) is 0 Å². The summed E-state index contributed by atoms with van der Waals surface area (Å²) < 4.78 is 79.5. The number of amides is 2. The average Bonchev–Trinajstić information content (AvgIpc) is 3.27. The molecule has 1 unspecified atom stereocenters. The minimum Gasteiger partial charge on any atom is -0.340 e. The SMILES string of the molecule is CC(C)N(C)[C@@H]1CC[C@H](N2CCC(NC(=O)c3cccc(C(F)(F)F)c3)C2=O)[C@H](CS(=O)(=O)c2ccc(F)cc2)C1. The first-order chi connectivity index (χ1) is 19.2. The summed E-state index contributed by atoms with van der Waals surface area (Å²) in [6.07, 6.45) is -2.51. The van der Waals surface area contributed by atoms with Gasteiger partial charge in [-0.25, -0.2) is 12.8 Å². The van der Waals surface area contributed by atoms with Crippen molar-refractivity contribution >= 4 is 21.7 Å². The van der Waals surface area contributed by atoms with E-state index in [1.165, 1.54) is 18.2 Å². The molecular formula is C29H35F4N3O4S. The summed E-state index contributed by atoms with van der Waals surface area (Å²) in [5.74, 6) is -2.34. The number of carbonyl (C=O) groups excluding carboxylic acids is 2. The molecule has 2 amide bonds. The van der Waals surface area contributed by atoms with Gasteiger partial charge in [0.2, 0.25) is 5.91 Å². The monoisotopic (exact) mass is 597 g/mol. The van der Waals surface area contributed by atoms with E-state index in [9.17, 15) is 35.6 Å². The number of alkyl halides is 3. The number of rotatable bonds is 8. The highest BCUT2D eigenvalue weighted by Gasteiger charge is 2.44. The van der Waals surface area contributed by atoms with E-state index in [0.717, 1.165) is 36.8 Å². The van der Waals surface area contributed by atoms with Crippen LogP contribution >= 0.6 is 0 Å². The highest BCUT2D eigenvalue weighted by molar-refractivity contribution is 7.91. The molecule has 1 aliphatic heterocycles. The minimum atomic E-state index is -4.61. The van der Waals surface area contributed by atoms with Crippen molar-refractivity contribution < 1.29 is 35.6 Å². The molecule has 1 saturated heterocycles. The zero-order valence-corrected chi connectivity index (χ0v) is 24.0. The van der Waals surface area contributed by atoms with Crippen LogP contribution in [0.15, 0.2) is 53.4 Å². The number of sulfone groups is 1. The van der Waals surface area contributed by atoms with Gasteiger partial charge in [-0.2, -0.15) is 13.2 Å². The lowest BCUT2D eigenvalue weighted by atomic mass is 9.81. The van der Waals surface area contributed by atoms with E-state index in [1.807, 2.05) is 7.05 Å². The van der Waals surface area contributed by atoms with Crippen LogP contribution in [-0.4, -0.2) is 73.5 Å². The van der Waals surface area contributed by atoms with Gasteiger partial charge < -0.3 is 15.1 Å². The van der Waals surface area contributed by atoms with Gasteiger partial charge in [-0.3, -0.25) is 9.59 Å². The fourth-order valence-corrected chi connectivity index (χ4v) is 7.53. The van der Waals surface area contributed by atoms with Crippen LogP contribution in [0.25, 0.3) is 0 Å². The lowest BCUT2D eigenvalue weighted by Gasteiger charge is -2.44. The van der Waals surface area contributed by atoms with Gasteiger partial charge in [-0.05, 0) is 95.0 Å². The first kappa shape index (κ1) is 31.0. The highest BCUT2D eigenvalue weighted by Crippen LogP contribution is 2.36. The third-order valence-corrected chi connectivity index (χ3v) is 10.2. The van der Waals surface area contributed by atoms with E-state index in [0.29, 0.717) is 12.8 Å². The van der Waals surface area contributed by atoms with Crippen LogP contribution in [0.2, 0.25) is 0 Å². The van der Waals surface area contributed by atoms with Crippen molar-refractivity contribution in [3.63, 3.8) is 0 Å². The molecule has 2 aromatic rings. The topological polar surface area (TPSA) is 86.8 Å².